The van der Waals surface area contributed by atoms with Gasteiger partial charge in [-0.3, -0.25) is 14.5 Å². The summed E-state index contributed by atoms with van der Waals surface area (Å²) < 4.78 is 0. The van der Waals surface area contributed by atoms with Crippen LogP contribution in [0.25, 0.3) is 0 Å². The Bertz CT molecular complexity index is 271. The molecule has 1 atom stereocenters. The van der Waals surface area contributed by atoms with Gasteiger partial charge in [-0.05, 0) is 6.42 Å². The van der Waals surface area contributed by atoms with Gasteiger partial charge >= 0.3 is 5.97 Å². The number of rotatable bonds is 6. The fourth-order valence-corrected chi connectivity index (χ4v) is 1.82. The van der Waals surface area contributed by atoms with Crippen LogP contribution in [0.15, 0.2) is 0 Å². The maximum absolute atomic E-state index is 11.6. The lowest BCUT2D eigenvalue weighted by Gasteiger charge is -2.32. The first kappa shape index (κ1) is 13.9. The quantitative estimate of drug-likeness (QED) is 0.535. The van der Waals surface area contributed by atoms with Crippen molar-refractivity contribution < 1.29 is 14.7 Å². The van der Waals surface area contributed by atoms with Crippen molar-refractivity contribution in [2.24, 2.45) is 0 Å². The Labute approximate surface area is 101 Å². The largest absolute Gasteiger partial charge is 0.480 e. The lowest BCUT2D eigenvalue weighted by Crippen LogP contribution is -2.57. The lowest BCUT2D eigenvalue weighted by molar-refractivity contribution is -0.144. The summed E-state index contributed by atoms with van der Waals surface area (Å²) in [7, 11) is 0. The molecule has 3 N–H and O–H groups in total. The van der Waals surface area contributed by atoms with E-state index in [-0.39, 0.29) is 12.5 Å². The number of hydrogen-bond acceptors (Lipinski definition) is 4. The SMILES string of the molecule is CCCCNC(=O)CN1CCNCC1C(=O)O. The van der Waals surface area contributed by atoms with Crippen LogP contribution in [0.5, 0.6) is 0 Å². The van der Waals surface area contributed by atoms with Crippen molar-refractivity contribution in [1.82, 2.24) is 15.5 Å². The molecule has 1 unspecified atom stereocenters. The van der Waals surface area contributed by atoms with Gasteiger partial charge < -0.3 is 15.7 Å². The Morgan fingerprint density at radius 2 is 2.29 bits per heavy atom. The highest BCUT2D eigenvalue weighted by Crippen LogP contribution is 2.02. The van der Waals surface area contributed by atoms with Crippen molar-refractivity contribution in [3.8, 4) is 0 Å². The summed E-state index contributed by atoms with van der Waals surface area (Å²) in [6, 6.07) is -0.597. The Hall–Kier alpha value is -1.14. The molecule has 98 valence electrons. The second-order valence-corrected chi connectivity index (χ2v) is 4.23. The maximum Gasteiger partial charge on any atom is 0.322 e. The second kappa shape index (κ2) is 7.24. The third-order valence-electron chi connectivity index (χ3n) is 2.84. The van der Waals surface area contributed by atoms with E-state index in [0.29, 0.717) is 19.6 Å². The van der Waals surface area contributed by atoms with Crippen molar-refractivity contribution >= 4 is 11.9 Å². The van der Waals surface area contributed by atoms with Crippen molar-refractivity contribution in [3.63, 3.8) is 0 Å². The van der Waals surface area contributed by atoms with E-state index in [1.807, 2.05) is 0 Å². The summed E-state index contributed by atoms with van der Waals surface area (Å²) in [5.41, 5.74) is 0. The third-order valence-corrected chi connectivity index (χ3v) is 2.84. The second-order valence-electron chi connectivity index (χ2n) is 4.23. The molecular formula is C11H21N3O3. The van der Waals surface area contributed by atoms with Crippen LogP contribution in [0.3, 0.4) is 0 Å². The van der Waals surface area contributed by atoms with Crippen LogP contribution in [-0.2, 0) is 9.59 Å². The van der Waals surface area contributed by atoms with Gasteiger partial charge in [-0.1, -0.05) is 13.3 Å². The van der Waals surface area contributed by atoms with Crippen LogP contribution in [0.1, 0.15) is 19.8 Å². The molecular weight excluding hydrogens is 222 g/mol. The lowest BCUT2D eigenvalue weighted by atomic mass is 10.2. The first-order chi connectivity index (χ1) is 8.15. The number of carbonyl (C=O) groups is 2. The number of nitrogens with zero attached hydrogens (tertiary/aromatic N) is 1. The highest BCUT2D eigenvalue weighted by atomic mass is 16.4. The van der Waals surface area contributed by atoms with Crippen LogP contribution in [0, 0.1) is 0 Å². The molecule has 0 bridgehead atoms. The van der Waals surface area contributed by atoms with Gasteiger partial charge in [0.2, 0.25) is 5.91 Å². The normalized spacial score (nSPS) is 21.1. The summed E-state index contributed by atoms with van der Waals surface area (Å²) in [6.07, 6.45) is 1.99. The highest BCUT2D eigenvalue weighted by Gasteiger charge is 2.29. The van der Waals surface area contributed by atoms with Crippen LogP contribution in [0.2, 0.25) is 0 Å². The van der Waals surface area contributed by atoms with E-state index in [4.69, 9.17) is 5.11 Å². The maximum atomic E-state index is 11.6. The Morgan fingerprint density at radius 1 is 1.53 bits per heavy atom. The monoisotopic (exact) mass is 243 g/mol. The van der Waals surface area contributed by atoms with Gasteiger partial charge in [0, 0.05) is 26.2 Å². The number of amides is 1. The number of piperazine rings is 1. The Kier molecular flexibility index (Phi) is 5.93. The van der Waals surface area contributed by atoms with Crippen LogP contribution in [0.4, 0.5) is 0 Å². The highest BCUT2D eigenvalue weighted by molar-refractivity contribution is 5.80. The van der Waals surface area contributed by atoms with Crippen molar-refractivity contribution in [2.45, 2.75) is 25.8 Å². The number of carbonyl (C=O) groups excluding carboxylic acids is 1. The summed E-state index contributed by atoms with van der Waals surface area (Å²) in [6.45, 7) is 4.62. The predicted octanol–water partition coefficient (Wildman–Crippen LogP) is -0.739. The van der Waals surface area contributed by atoms with Crippen molar-refractivity contribution in [1.29, 1.82) is 0 Å². The summed E-state index contributed by atoms with van der Waals surface area (Å²) in [4.78, 5) is 24.3. The average molecular weight is 243 g/mol. The van der Waals surface area contributed by atoms with Crippen molar-refractivity contribution in [2.75, 3.05) is 32.7 Å². The fraction of sp³-hybridized carbons (Fsp3) is 0.818. The molecule has 1 fully saturated rings. The topological polar surface area (TPSA) is 81.7 Å². The van der Waals surface area contributed by atoms with Crippen molar-refractivity contribution in [3.05, 3.63) is 0 Å². The molecule has 1 rings (SSSR count). The van der Waals surface area contributed by atoms with Gasteiger partial charge in [-0.15, -0.1) is 0 Å². The molecule has 0 aromatic heterocycles. The predicted molar refractivity (Wildman–Crippen MR) is 63.8 cm³/mol. The molecule has 1 aliphatic rings. The van der Waals surface area contributed by atoms with E-state index in [1.54, 1.807) is 4.90 Å². The van der Waals surface area contributed by atoms with Crippen LogP contribution in [-0.4, -0.2) is 60.6 Å². The van der Waals surface area contributed by atoms with Gasteiger partial charge in [0.25, 0.3) is 0 Å². The zero-order chi connectivity index (χ0) is 12.7. The van der Waals surface area contributed by atoms with E-state index in [1.165, 1.54) is 0 Å². The fourth-order valence-electron chi connectivity index (χ4n) is 1.82. The van der Waals surface area contributed by atoms with Gasteiger partial charge in [-0.25, -0.2) is 0 Å². The average Bonchev–Trinajstić information content (AvgIpc) is 2.29. The van der Waals surface area contributed by atoms with E-state index >= 15 is 0 Å². The van der Waals surface area contributed by atoms with Gasteiger partial charge in [0.05, 0.1) is 6.54 Å². The molecule has 6 nitrogen and oxygen atoms in total. The number of nitrogens with one attached hydrogen (secondary N) is 2. The number of hydrogen-bond donors (Lipinski definition) is 3. The number of carboxylic acid groups (broad SMARTS) is 1. The first-order valence-corrected chi connectivity index (χ1v) is 6.09. The molecule has 1 saturated heterocycles. The Morgan fingerprint density at radius 3 is 2.94 bits per heavy atom. The van der Waals surface area contributed by atoms with Gasteiger partial charge in [0.1, 0.15) is 6.04 Å². The molecule has 0 saturated carbocycles. The van der Waals surface area contributed by atoms with E-state index in [2.05, 4.69) is 17.6 Å². The Balaban J connectivity index is 2.36. The molecule has 1 heterocycles. The summed E-state index contributed by atoms with van der Waals surface area (Å²) in [5.74, 6) is -0.967. The molecule has 0 aliphatic carbocycles. The van der Waals surface area contributed by atoms with Gasteiger partial charge in [0.15, 0.2) is 0 Å². The van der Waals surface area contributed by atoms with E-state index in [9.17, 15) is 9.59 Å². The molecule has 1 aliphatic heterocycles. The van der Waals surface area contributed by atoms with Crippen LogP contribution >= 0.6 is 0 Å². The molecule has 17 heavy (non-hydrogen) atoms. The molecule has 0 spiro atoms. The molecule has 0 radical (unpaired) electrons. The smallest absolute Gasteiger partial charge is 0.322 e. The van der Waals surface area contributed by atoms with E-state index < -0.39 is 12.0 Å². The number of aliphatic carboxylic acids is 1. The minimum absolute atomic E-state index is 0.0911. The number of unbranched alkanes of at least 4 members (excludes halogenated alkanes) is 1. The molecule has 6 heteroatoms. The van der Waals surface area contributed by atoms with Gasteiger partial charge in [-0.2, -0.15) is 0 Å². The first-order valence-electron chi connectivity index (χ1n) is 6.09. The molecule has 0 aromatic rings. The zero-order valence-electron chi connectivity index (χ0n) is 10.2. The number of carboxylic acids is 1. The molecule has 0 aromatic carbocycles. The minimum Gasteiger partial charge on any atom is -0.480 e. The summed E-state index contributed by atoms with van der Waals surface area (Å²) in [5, 5.41) is 14.8. The van der Waals surface area contributed by atoms with E-state index in [0.717, 1.165) is 19.4 Å². The summed E-state index contributed by atoms with van der Waals surface area (Å²) >= 11 is 0. The third kappa shape index (κ3) is 4.70. The molecule has 1 amide bonds. The van der Waals surface area contributed by atoms with Crippen LogP contribution < -0.4 is 10.6 Å². The minimum atomic E-state index is -0.876. The zero-order valence-corrected chi connectivity index (χ0v) is 10.2. The standard InChI is InChI=1S/C11H21N3O3/c1-2-3-4-13-10(15)8-14-6-5-12-7-9(14)11(16)17/h9,12H,2-8H2,1H3,(H,13,15)(H,16,17).